The van der Waals surface area contributed by atoms with Gasteiger partial charge in [-0.25, -0.2) is 0 Å². The van der Waals surface area contributed by atoms with E-state index in [1.807, 2.05) is 13.8 Å². The van der Waals surface area contributed by atoms with Crippen LogP contribution in [0.2, 0.25) is 0 Å². The van der Waals surface area contributed by atoms with E-state index < -0.39 is 33.2 Å². The molecule has 2 amide bonds. The number of rotatable bonds is 7. The molecule has 0 fully saturated rings. The first-order valence-electron chi connectivity index (χ1n) is 7.48. The van der Waals surface area contributed by atoms with E-state index in [1.54, 1.807) is 14.1 Å². The van der Waals surface area contributed by atoms with Crippen LogP contribution in [0, 0.1) is 26.1 Å². The normalized spacial score (nSPS) is 11.7. The minimum Gasteiger partial charge on any atom is -0.347 e. The van der Waals surface area contributed by atoms with Crippen LogP contribution >= 0.6 is 0 Å². The standard InChI is InChI=1S/C15H20N4O6/c1-9(2)5-13(15(21)17(3)4)16-14(20)10-6-11(18(22)23)8-12(7-10)19(24)25/h6-9,13H,5H2,1-4H3,(H,16,20)/t13-/m0/s1. The van der Waals surface area contributed by atoms with Gasteiger partial charge in [0, 0.05) is 26.2 Å². The topological polar surface area (TPSA) is 136 Å². The van der Waals surface area contributed by atoms with E-state index >= 15 is 0 Å². The van der Waals surface area contributed by atoms with Gasteiger partial charge in [0.25, 0.3) is 17.3 Å². The first kappa shape index (κ1) is 20.0. The number of amides is 2. The van der Waals surface area contributed by atoms with Gasteiger partial charge in [0.2, 0.25) is 5.91 Å². The molecule has 0 radical (unpaired) electrons. The maximum Gasteiger partial charge on any atom is 0.277 e. The molecular formula is C15H20N4O6. The number of hydrogen-bond donors (Lipinski definition) is 1. The molecule has 1 aromatic carbocycles. The molecule has 10 heteroatoms. The molecule has 136 valence electrons. The zero-order valence-electron chi connectivity index (χ0n) is 14.4. The van der Waals surface area contributed by atoms with E-state index in [9.17, 15) is 29.8 Å². The highest BCUT2D eigenvalue weighted by molar-refractivity contribution is 5.98. The van der Waals surface area contributed by atoms with Gasteiger partial charge in [-0.1, -0.05) is 13.8 Å². The summed E-state index contributed by atoms with van der Waals surface area (Å²) in [6.45, 7) is 3.75. The van der Waals surface area contributed by atoms with Crippen molar-refractivity contribution in [3.8, 4) is 0 Å². The van der Waals surface area contributed by atoms with E-state index in [-0.39, 0.29) is 17.4 Å². The van der Waals surface area contributed by atoms with Crippen LogP contribution < -0.4 is 5.32 Å². The van der Waals surface area contributed by atoms with Crippen molar-refractivity contribution in [2.75, 3.05) is 14.1 Å². The van der Waals surface area contributed by atoms with Crippen molar-refractivity contribution in [1.29, 1.82) is 0 Å². The minimum absolute atomic E-state index is 0.105. The predicted octanol–water partition coefficient (Wildman–Crippen LogP) is 1.74. The molecule has 1 atom stereocenters. The van der Waals surface area contributed by atoms with Crippen LogP contribution in [0.15, 0.2) is 18.2 Å². The van der Waals surface area contributed by atoms with Crippen LogP contribution in [-0.2, 0) is 4.79 Å². The number of carbonyl (C=O) groups is 2. The monoisotopic (exact) mass is 352 g/mol. The fourth-order valence-corrected chi connectivity index (χ4v) is 2.18. The zero-order chi connectivity index (χ0) is 19.3. The molecule has 0 aliphatic carbocycles. The third-order valence-electron chi connectivity index (χ3n) is 3.34. The summed E-state index contributed by atoms with van der Waals surface area (Å²) in [7, 11) is 3.08. The molecule has 1 N–H and O–H groups in total. The fourth-order valence-electron chi connectivity index (χ4n) is 2.18. The lowest BCUT2D eigenvalue weighted by molar-refractivity contribution is -0.394. The highest BCUT2D eigenvalue weighted by Crippen LogP contribution is 2.23. The Bertz CT molecular complexity index is 669. The first-order valence-corrected chi connectivity index (χ1v) is 7.48. The fraction of sp³-hybridized carbons (Fsp3) is 0.467. The van der Waals surface area contributed by atoms with E-state index in [0.717, 1.165) is 18.2 Å². The Kier molecular flexibility index (Phi) is 6.54. The van der Waals surface area contributed by atoms with Gasteiger partial charge in [0.05, 0.1) is 21.5 Å². The summed E-state index contributed by atoms with van der Waals surface area (Å²) in [4.78, 5) is 46.1. The Morgan fingerprint density at radius 2 is 1.56 bits per heavy atom. The van der Waals surface area contributed by atoms with Crippen LogP contribution in [-0.4, -0.2) is 46.7 Å². The smallest absolute Gasteiger partial charge is 0.277 e. The third kappa shape index (κ3) is 5.52. The molecule has 0 spiro atoms. The summed E-state index contributed by atoms with van der Waals surface area (Å²) >= 11 is 0. The van der Waals surface area contributed by atoms with E-state index in [1.165, 1.54) is 4.90 Å². The number of nitro benzene ring substituents is 2. The Labute approximate surface area is 144 Å². The van der Waals surface area contributed by atoms with Gasteiger partial charge < -0.3 is 10.2 Å². The number of nitrogens with zero attached hydrogens (tertiary/aromatic N) is 3. The lowest BCUT2D eigenvalue weighted by atomic mass is 10.0. The SMILES string of the molecule is CC(C)C[C@H](NC(=O)c1cc([N+](=O)[O-])cc([N+](=O)[O-])c1)C(=O)N(C)C. The second-order valence-electron chi connectivity index (χ2n) is 6.14. The van der Waals surface area contributed by atoms with Gasteiger partial charge in [0.1, 0.15) is 6.04 Å². The molecule has 0 heterocycles. The summed E-state index contributed by atoms with van der Waals surface area (Å²) in [6, 6.07) is 1.82. The lowest BCUT2D eigenvalue weighted by Crippen LogP contribution is -2.46. The number of likely N-dealkylation sites (N-methyl/N-ethyl adjacent to an activating group) is 1. The number of benzene rings is 1. The maximum atomic E-state index is 12.4. The van der Waals surface area contributed by atoms with E-state index in [4.69, 9.17) is 0 Å². The molecule has 0 saturated carbocycles. The second-order valence-corrected chi connectivity index (χ2v) is 6.14. The molecule has 1 rings (SSSR count). The summed E-state index contributed by atoms with van der Waals surface area (Å²) in [5.41, 5.74) is -1.39. The van der Waals surface area contributed by atoms with Crippen LogP contribution in [0.3, 0.4) is 0 Å². The van der Waals surface area contributed by atoms with Gasteiger partial charge in [-0.15, -0.1) is 0 Å². The van der Waals surface area contributed by atoms with Gasteiger partial charge in [0.15, 0.2) is 0 Å². The Balaban J connectivity index is 3.17. The summed E-state index contributed by atoms with van der Waals surface area (Å²) in [5.74, 6) is -1.01. The van der Waals surface area contributed by atoms with Crippen LogP contribution in [0.4, 0.5) is 11.4 Å². The quantitative estimate of drug-likeness (QED) is 0.586. The van der Waals surface area contributed by atoms with Crippen molar-refractivity contribution in [3.63, 3.8) is 0 Å². The van der Waals surface area contributed by atoms with Gasteiger partial charge in [-0.2, -0.15) is 0 Å². The molecule has 0 aromatic heterocycles. The second kappa shape index (κ2) is 8.18. The maximum absolute atomic E-state index is 12.4. The average Bonchev–Trinajstić information content (AvgIpc) is 2.52. The van der Waals surface area contributed by atoms with Crippen molar-refractivity contribution in [2.45, 2.75) is 26.3 Å². The van der Waals surface area contributed by atoms with Crippen LogP contribution in [0.1, 0.15) is 30.6 Å². The molecular weight excluding hydrogens is 332 g/mol. The Hall–Kier alpha value is -3.04. The summed E-state index contributed by atoms with van der Waals surface area (Å²) in [6.07, 6.45) is 0.361. The number of nitro groups is 2. The Morgan fingerprint density at radius 3 is 1.92 bits per heavy atom. The number of hydrogen-bond acceptors (Lipinski definition) is 6. The average molecular weight is 352 g/mol. The molecule has 0 unspecified atom stereocenters. The summed E-state index contributed by atoms with van der Waals surface area (Å²) < 4.78 is 0. The Morgan fingerprint density at radius 1 is 1.08 bits per heavy atom. The minimum atomic E-state index is -0.833. The van der Waals surface area contributed by atoms with E-state index in [2.05, 4.69) is 5.32 Å². The highest BCUT2D eigenvalue weighted by Gasteiger charge is 2.26. The number of carbonyl (C=O) groups excluding carboxylic acids is 2. The van der Waals surface area contributed by atoms with Gasteiger partial charge in [-0.3, -0.25) is 29.8 Å². The van der Waals surface area contributed by atoms with Crippen molar-refractivity contribution in [1.82, 2.24) is 10.2 Å². The first-order chi connectivity index (χ1) is 11.5. The summed E-state index contributed by atoms with van der Waals surface area (Å²) in [5, 5.41) is 24.3. The molecule has 10 nitrogen and oxygen atoms in total. The molecule has 0 aliphatic heterocycles. The highest BCUT2D eigenvalue weighted by atomic mass is 16.6. The largest absolute Gasteiger partial charge is 0.347 e. The van der Waals surface area contributed by atoms with Gasteiger partial charge >= 0.3 is 0 Å². The van der Waals surface area contributed by atoms with Gasteiger partial charge in [-0.05, 0) is 12.3 Å². The molecule has 25 heavy (non-hydrogen) atoms. The van der Waals surface area contributed by atoms with Crippen molar-refractivity contribution in [2.24, 2.45) is 5.92 Å². The van der Waals surface area contributed by atoms with Crippen molar-refractivity contribution >= 4 is 23.2 Å². The molecule has 0 saturated heterocycles. The van der Waals surface area contributed by atoms with Crippen molar-refractivity contribution in [3.05, 3.63) is 44.0 Å². The lowest BCUT2D eigenvalue weighted by Gasteiger charge is -2.23. The number of nitrogens with one attached hydrogen (secondary N) is 1. The number of non-ortho nitro benzene ring substituents is 2. The van der Waals surface area contributed by atoms with E-state index in [0.29, 0.717) is 6.42 Å². The predicted molar refractivity (Wildman–Crippen MR) is 89.2 cm³/mol. The third-order valence-corrected chi connectivity index (χ3v) is 3.34. The van der Waals surface area contributed by atoms with Crippen LogP contribution in [0.25, 0.3) is 0 Å². The van der Waals surface area contributed by atoms with Crippen molar-refractivity contribution < 1.29 is 19.4 Å². The molecule has 0 aliphatic rings. The molecule has 0 bridgehead atoms. The zero-order valence-corrected chi connectivity index (χ0v) is 14.4. The van der Waals surface area contributed by atoms with Crippen LogP contribution in [0.5, 0.6) is 0 Å². The molecule has 1 aromatic rings.